The van der Waals surface area contributed by atoms with E-state index in [2.05, 4.69) is 5.32 Å². The lowest BCUT2D eigenvalue weighted by atomic mass is 9.78. The second-order valence-electron chi connectivity index (χ2n) is 6.69. The van der Waals surface area contributed by atoms with Crippen molar-refractivity contribution in [2.75, 3.05) is 19.6 Å². The van der Waals surface area contributed by atoms with Crippen molar-refractivity contribution in [1.82, 2.24) is 10.2 Å². The standard InChI is InChI=1S/C16H29N3O2/c1-13(20)18-14-7-6-10-19(11-14)15(21)16(12-17)8-4-2-3-5-9-16/h14H,2-12,17H2,1H3,(H,18,20). The van der Waals surface area contributed by atoms with E-state index in [1.54, 1.807) is 0 Å². The second-order valence-corrected chi connectivity index (χ2v) is 6.69. The molecule has 1 saturated heterocycles. The van der Waals surface area contributed by atoms with Crippen molar-refractivity contribution in [3.8, 4) is 0 Å². The summed E-state index contributed by atoms with van der Waals surface area (Å²) in [5, 5.41) is 2.95. The number of hydrogen-bond acceptors (Lipinski definition) is 3. The molecule has 0 bridgehead atoms. The summed E-state index contributed by atoms with van der Waals surface area (Å²) in [6.07, 6.45) is 8.38. The van der Waals surface area contributed by atoms with Crippen molar-refractivity contribution >= 4 is 11.8 Å². The van der Waals surface area contributed by atoms with Crippen molar-refractivity contribution in [3.05, 3.63) is 0 Å². The van der Waals surface area contributed by atoms with Gasteiger partial charge in [0.25, 0.3) is 0 Å². The molecule has 0 aromatic heterocycles. The summed E-state index contributed by atoms with van der Waals surface area (Å²) in [5.74, 6) is 0.208. The van der Waals surface area contributed by atoms with E-state index < -0.39 is 0 Å². The zero-order chi connectivity index (χ0) is 15.3. The van der Waals surface area contributed by atoms with Crippen LogP contribution in [0.15, 0.2) is 0 Å². The molecule has 21 heavy (non-hydrogen) atoms. The van der Waals surface area contributed by atoms with Crippen LogP contribution in [0.1, 0.15) is 58.3 Å². The molecule has 5 heteroatoms. The van der Waals surface area contributed by atoms with Crippen LogP contribution in [0.25, 0.3) is 0 Å². The van der Waals surface area contributed by atoms with Gasteiger partial charge in [0.2, 0.25) is 11.8 Å². The first-order valence-electron chi connectivity index (χ1n) is 8.34. The Morgan fingerprint density at radius 3 is 2.43 bits per heavy atom. The van der Waals surface area contributed by atoms with E-state index in [9.17, 15) is 9.59 Å². The molecule has 0 aromatic carbocycles. The Bertz CT molecular complexity index is 376. The molecule has 0 radical (unpaired) electrons. The van der Waals surface area contributed by atoms with Gasteiger partial charge in [0.15, 0.2) is 0 Å². The number of piperidine rings is 1. The number of nitrogens with two attached hydrogens (primary N) is 1. The number of hydrogen-bond donors (Lipinski definition) is 2. The molecule has 0 aromatic rings. The molecule has 1 heterocycles. The van der Waals surface area contributed by atoms with Gasteiger partial charge in [0.1, 0.15) is 0 Å². The summed E-state index contributed by atoms with van der Waals surface area (Å²) in [6.45, 7) is 3.43. The number of nitrogens with one attached hydrogen (secondary N) is 1. The zero-order valence-electron chi connectivity index (χ0n) is 13.2. The van der Waals surface area contributed by atoms with Crippen molar-refractivity contribution in [2.45, 2.75) is 64.3 Å². The maximum Gasteiger partial charge on any atom is 0.230 e. The number of amides is 2. The van der Waals surface area contributed by atoms with Gasteiger partial charge < -0.3 is 16.0 Å². The first-order chi connectivity index (χ1) is 10.1. The first kappa shape index (κ1) is 16.3. The Kier molecular flexibility index (Phi) is 5.62. The highest BCUT2D eigenvalue weighted by molar-refractivity contribution is 5.83. The number of carbonyl (C=O) groups is 2. The van der Waals surface area contributed by atoms with Gasteiger partial charge in [-0.05, 0) is 25.7 Å². The molecule has 1 saturated carbocycles. The van der Waals surface area contributed by atoms with Gasteiger partial charge in [-0.1, -0.05) is 25.7 Å². The minimum atomic E-state index is -0.353. The zero-order valence-corrected chi connectivity index (χ0v) is 13.2. The molecule has 1 aliphatic carbocycles. The van der Waals surface area contributed by atoms with Gasteiger partial charge in [-0.15, -0.1) is 0 Å². The predicted octanol–water partition coefficient (Wildman–Crippen LogP) is 1.41. The number of nitrogens with zero attached hydrogens (tertiary/aromatic N) is 1. The summed E-state index contributed by atoms with van der Waals surface area (Å²) in [7, 11) is 0. The van der Waals surface area contributed by atoms with Crippen LogP contribution < -0.4 is 11.1 Å². The maximum absolute atomic E-state index is 13.0. The van der Waals surface area contributed by atoms with Crippen LogP contribution >= 0.6 is 0 Å². The highest BCUT2D eigenvalue weighted by Gasteiger charge is 2.41. The Morgan fingerprint density at radius 1 is 1.19 bits per heavy atom. The maximum atomic E-state index is 13.0. The van der Waals surface area contributed by atoms with Gasteiger partial charge in [0, 0.05) is 32.6 Å². The molecule has 2 fully saturated rings. The Balaban J connectivity index is 2.04. The van der Waals surface area contributed by atoms with Crippen LogP contribution in [0.3, 0.4) is 0 Å². The summed E-state index contributed by atoms with van der Waals surface area (Å²) in [5.41, 5.74) is 5.66. The average Bonchev–Trinajstić information content (AvgIpc) is 2.72. The third-order valence-electron chi connectivity index (χ3n) is 5.02. The Morgan fingerprint density at radius 2 is 1.86 bits per heavy atom. The molecule has 1 unspecified atom stereocenters. The third-order valence-corrected chi connectivity index (χ3v) is 5.02. The highest BCUT2D eigenvalue weighted by atomic mass is 16.2. The molecule has 2 rings (SSSR count). The van der Waals surface area contributed by atoms with E-state index >= 15 is 0 Å². The summed E-state index contributed by atoms with van der Waals surface area (Å²) in [6, 6.07) is 0.0980. The van der Waals surface area contributed by atoms with Crippen LogP contribution in [0.2, 0.25) is 0 Å². The highest BCUT2D eigenvalue weighted by Crippen LogP contribution is 2.36. The Hall–Kier alpha value is -1.10. The minimum Gasteiger partial charge on any atom is -0.352 e. The van der Waals surface area contributed by atoms with Gasteiger partial charge in [0.05, 0.1) is 5.41 Å². The van der Waals surface area contributed by atoms with E-state index in [1.807, 2.05) is 4.90 Å². The van der Waals surface area contributed by atoms with Crippen molar-refractivity contribution in [1.29, 1.82) is 0 Å². The van der Waals surface area contributed by atoms with Crippen molar-refractivity contribution < 1.29 is 9.59 Å². The first-order valence-corrected chi connectivity index (χ1v) is 8.34. The van der Waals surface area contributed by atoms with E-state index in [4.69, 9.17) is 5.73 Å². The fourth-order valence-corrected chi connectivity index (χ4v) is 3.81. The molecule has 120 valence electrons. The van der Waals surface area contributed by atoms with E-state index in [0.29, 0.717) is 13.1 Å². The van der Waals surface area contributed by atoms with Crippen molar-refractivity contribution in [2.24, 2.45) is 11.1 Å². The van der Waals surface area contributed by atoms with E-state index in [-0.39, 0.29) is 23.3 Å². The minimum absolute atomic E-state index is 0.0164. The second kappa shape index (κ2) is 7.25. The predicted molar refractivity (Wildman–Crippen MR) is 82.6 cm³/mol. The lowest BCUT2D eigenvalue weighted by Crippen LogP contribution is -2.54. The van der Waals surface area contributed by atoms with Crippen LogP contribution in [-0.2, 0) is 9.59 Å². The average molecular weight is 295 g/mol. The van der Waals surface area contributed by atoms with Gasteiger partial charge in [-0.3, -0.25) is 9.59 Å². The monoisotopic (exact) mass is 295 g/mol. The fourth-order valence-electron chi connectivity index (χ4n) is 3.81. The van der Waals surface area contributed by atoms with Crippen LogP contribution in [-0.4, -0.2) is 42.4 Å². The molecule has 0 spiro atoms. The van der Waals surface area contributed by atoms with E-state index in [0.717, 1.165) is 45.1 Å². The summed E-state index contributed by atoms with van der Waals surface area (Å²) < 4.78 is 0. The summed E-state index contributed by atoms with van der Waals surface area (Å²) in [4.78, 5) is 26.2. The molecule has 1 atom stereocenters. The number of carbonyl (C=O) groups excluding carboxylic acids is 2. The van der Waals surface area contributed by atoms with Crippen molar-refractivity contribution in [3.63, 3.8) is 0 Å². The quantitative estimate of drug-likeness (QED) is 0.773. The van der Waals surface area contributed by atoms with Gasteiger partial charge in [-0.25, -0.2) is 0 Å². The van der Waals surface area contributed by atoms with E-state index in [1.165, 1.54) is 19.8 Å². The number of rotatable bonds is 3. The molecule has 2 aliphatic rings. The molecule has 5 nitrogen and oxygen atoms in total. The Labute approximate surface area is 127 Å². The molecule has 3 N–H and O–H groups in total. The molecule has 1 aliphatic heterocycles. The molecular formula is C16H29N3O2. The lowest BCUT2D eigenvalue weighted by Gasteiger charge is -2.40. The largest absolute Gasteiger partial charge is 0.352 e. The van der Waals surface area contributed by atoms with Crippen LogP contribution in [0, 0.1) is 5.41 Å². The third kappa shape index (κ3) is 3.96. The topological polar surface area (TPSA) is 75.4 Å². The molecular weight excluding hydrogens is 266 g/mol. The van der Waals surface area contributed by atoms with Crippen LogP contribution in [0.4, 0.5) is 0 Å². The smallest absolute Gasteiger partial charge is 0.230 e. The number of likely N-dealkylation sites (tertiary alicyclic amines) is 1. The van der Waals surface area contributed by atoms with Crippen LogP contribution in [0.5, 0.6) is 0 Å². The normalized spacial score (nSPS) is 26.0. The summed E-state index contributed by atoms with van der Waals surface area (Å²) >= 11 is 0. The SMILES string of the molecule is CC(=O)NC1CCCN(C(=O)C2(CN)CCCCCC2)C1. The molecule has 2 amide bonds. The lowest BCUT2D eigenvalue weighted by molar-refractivity contribution is -0.144. The fraction of sp³-hybridized carbons (Fsp3) is 0.875. The van der Waals surface area contributed by atoms with Gasteiger partial charge >= 0.3 is 0 Å². The van der Waals surface area contributed by atoms with Gasteiger partial charge in [-0.2, -0.15) is 0 Å².